The first-order valence-corrected chi connectivity index (χ1v) is 13.7. The van der Waals surface area contributed by atoms with Crippen LogP contribution in [0.25, 0.3) is 0 Å². The Balaban J connectivity index is 1.67. The number of carbonyl (C=O) groups is 3. The minimum atomic E-state index is -0.912. The van der Waals surface area contributed by atoms with E-state index < -0.39 is 36.0 Å². The van der Waals surface area contributed by atoms with Gasteiger partial charge in [-0.3, -0.25) is 14.9 Å². The van der Waals surface area contributed by atoms with E-state index in [0.717, 1.165) is 22.4 Å². The topological polar surface area (TPSA) is 103 Å². The molecule has 0 unspecified atom stereocenters. The second-order valence-electron chi connectivity index (χ2n) is 10.9. The van der Waals surface area contributed by atoms with Gasteiger partial charge in [-0.25, -0.2) is 4.79 Å². The van der Waals surface area contributed by atoms with Crippen LogP contribution in [0.5, 0.6) is 5.75 Å². The van der Waals surface area contributed by atoms with Crippen LogP contribution in [0.3, 0.4) is 0 Å². The number of amides is 1. The number of nitrogens with one attached hydrogen (secondary N) is 2. The maximum Gasteiger partial charge on any atom is 0.329 e. The molecule has 3 atom stereocenters. The van der Waals surface area contributed by atoms with Crippen LogP contribution in [0.15, 0.2) is 84.9 Å². The lowest BCUT2D eigenvalue weighted by atomic mass is 10.0. The van der Waals surface area contributed by atoms with Crippen LogP contribution in [-0.4, -0.2) is 48.7 Å². The summed E-state index contributed by atoms with van der Waals surface area (Å²) >= 11 is 0. The van der Waals surface area contributed by atoms with Crippen molar-refractivity contribution in [2.45, 2.75) is 70.9 Å². The van der Waals surface area contributed by atoms with Gasteiger partial charge in [-0.2, -0.15) is 0 Å². The first kappa shape index (κ1) is 31.4. The van der Waals surface area contributed by atoms with Crippen molar-refractivity contribution in [3.63, 3.8) is 0 Å². The predicted molar refractivity (Wildman–Crippen MR) is 157 cm³/mol. The van der Waals surface area contributed by atoms with E-state index in [2.05, 4.69) is 10.6 Å². The van der Waals surface area contributed by atoms with Crippen molar-refractivity contribution in [1.29, 1.82) is 0 Å². The average molecular weight is 561 g/mol. The smallest absolute Gasteiger partial charge is 0.329 e. The van der Waals surface area contributed by atoms with Crippen molar-refractivity contribution in [2.75, 3.05) is 7.11 Å². The van der Waals surface area contributed by atoms with E-state index in [4.69, 9.17) is 14.2 Å². The average Bonchev–Trinajstić information content (AvgIpc) is 2.96. The highest BCUT2D eigenvalue weighted by molar-refractivity contribution is 5.88. The summed E-state index contributed by atoms with van der Waals surface area (Å²) < 4.78 is 16.4. The molecule has 0 radical (unpaired) electrons. The summed E-state index contributed by atoms with van der Waals surface area (Å²) in [6.45, 7) is 7.65. The van der Waals surface area contributed by atoms with Gasteiger partial charge in [0.2, 0.25) is 5.91 Å². The molecule has 41 heavy (non-hydrogen) atoms. The second kappa shape index (κ2) is 15.0. The van der Waals surface area contributed by atoms with Gasteiger partial charge >= 0.3 is 11.9 Å². The third kappa shape index (κ3) is 10.7. The molecule has 0 bridgehead atoms. The van der Waals surface area contributed by atoms with Crippen molar-refractivity contribution in [3.8, 4) is 5.75 Å². The molecule has 8 heteroatoms. The lowest BCUT2D eigenvalue weighted by Crippen LogP contribution is -2.54. The van der Waals surface area contributed by atoms with Gasteiger partial charge in [0.1, 0.15) is 30.0 Å². The Morgan fingerprint density at radius 1 is 0.732 bits per heavy atom. The van der Waals surface area contributed by atoms with Crippen LogP contribution in [0.4, 0.5) is 0 Å². The van der Waals surface area contributed by atoms with E-state index >= 15 is 0 Å². The molecule has 0 fully saturated rings. The molecule has 0 heterocycles. The number of methoxy groups -OCH3 is 1. The first-order chi connectivity index (χ1) is 19.5. The van der Waals surface area contributed by atoms with Crippen LogP contribution < -0.4 is 15.4 Å². The van der Waals surface area contributed by atoms with Crippen molar-refractivity contribution >= 4 is 17.8 Å². The molecule has 0 aliphatic carbocycles. The molecule has 0 aliphatic heterocycles. The van der Waals surface area contributed by atoms with E-state index in [1.807, 2.05) is 106 Å². The highest BCUT2D eigenvalue weighted by Gasteiger charge is 2.29. The summed E-state index contributed by atoms with van der Waals surface area (Å²) in [5, 5.41) is 5.88. The Bertz CT molecular complexity index is 1260. The monoisotopic (exact) mass is 560 g/mol. The lowest BCUT2D eigenvalue weighted by molar-refractivity contribution is -0.149. The van der Waals surface area contributed by atoms with Gasteiger partial charge in [-0.15, -0.1) is 0 Å². The third-order valence-electron chi connectivity index (χ3n) is 6.22. The Kier molecular flexibility index (Phi) is 11.5. The normalized spacial score (nSPS) is 13.4. The Hall–Kier alpha value is -4.17. The van der Waals surface area contributed by atoms with Crippen LogP contribution in [0, 0.1) is 0 Å². The predicted octanol–water partition coefficient (Wildman–Crippen LogP) is 4.40. The van der Waals surface area contributed by atoms with Crippen molar-refractivity contribution in [3.05, 3.63) is 102 Å². The number of esters is 2. The van der Waals surface area contributed by atoms with E-state index in [1.165, 1.54) is 7.11 Å². The van der Waals surface area contributed by atoms with E-state index in [0.29, 0.717) is 6.42 Å². The maximum absolute atomic E-state index is 13.2. The molecule has 0 saturated carbocycles. The molecule has 1 amide bonds. The fraction of sp³-hybridized carbons (Fsp3) is 0.364. The van der Waals surface area contributed by atoms with Gasteiger partial charge in [0, 0.05) is 6.42 Å². The molecule has 0 saturated heterocycles. The zero-order valence-electron chi connectivity index (χ0n) is 24.4. The highest BCUT2D eigenvalue weighted by Crippen LogP contribution is 2.19. The molecule has 218 valence electrons. The van der Waals surface area contributed by atoms with E-state index in [1.54, 1.807) is 6.92 Å². The number of hydrogen-bond acceptors (Lipinski definition) is 7. The van der Waals surface area contributed by atoms with E-state index in [9.17, 15) is 14.4 Å². The second-order valence-corrected chi connectivity index (χ2v) is 10.9. The number of ether oxygens (including phenoxy) is 3. The molecule has 3 aromatic carbocycles. The third-order valence-corrected chi connectivity index (χ3v) is 6.22. The molecule has 2 N–H and O–H groups in total. The number of benzene rings is 3. The Morgan fingerprint density at radius 2 is 1.27 bits per heavy atom. The van der Waals surface area contributed by atoms with Gasteiger partial charge in [0.15, 0.2) is 0 Å². The molecular formula is C33H40N2O6. The fourth-order valence-corrected chi connectivity index (χ4v) is 4.18. The van der Waals surface area contributed by atoms with Gasteiger partial charge < -0.3 is 19.5 Å². The summed E-state index contributed by atoms with van der Waals surface area (Å²) in [5.41, 5.74) is 2.27. The van der Waals surface area contributed by atoms with E-state index in [-0.39, 0.29) is 18.6 Å². The van der Waals surface area contributed by atoms with Crippen LogP contribution >= 0.6 is 0 Å². The SMILES string of the molecule is COC(=O)[C@@H](Cc1ccc(OC(C)(C)C)cc1)N[C@H](C)C(=O)N[C@@H](Cc1ccccc1)C(=O)OCc1ccccc1. The fourth-order valence-electron chi connectivity index (χ4n) is 4.18. The van der Waals surface area contributed by atoms with Crippen LogP contribution in [0.1, 0.15) is 44.4 Å². The lowest BCUT2D eigenvalue weighted by Gasteiger charge is -2.24. The number of hydrogen-bond donors (Lipinski definition) is 2. The number of rotatable bonds is 13. The summed E-state index contributed by atoms with van der Waals surface area (Å²) in [6.07, 6.45) is 0.559. The molecule has 8 nitrogen and oxygen atoms in total. The standard InChI is InChI=1S/C33H40N2O6/c1-23(34-28(31(37)39-5)21-25-16-18-27(19-17-25)41-33(2,3)4)30(36)35-29(20-24-12-8-6-9-13-24)32(38)40-22-26-14-10-7-11-15-26/h6-19,23,28-29,34H,20-22H2,1-5H3,(H,35,36)/t23-,28-,29+/m1/s1. The molecule has 3 aromatic rings. The largest absolute Gasteiger partial charge is 0.488 e. The zero-order valence-corrected chi connectivity index (χ0v) is 24.4. The molecule has 0 aliphatic rings. The highest BCUT2D eigenvalue weighted by atomic mass is 16.5. The van der Waals surface area contributed by atoms with Gasteiger partial charge in [-0.05, 0) is 62.9 Å². The van der Waals surface area contributed by atoms with Crippen molar-refractivity contribution in [1.82, 2.24) is 10.6 Å². The summed E-state index contributed by atoms with van der Waals surface area (Å²) in [7, 11) is 1.31. The summed E-state index contributed by atoms with van der Waals surface area (Å²) in [4.78, 5) is 38.9. The molecule has 0 spiro atoms. The van der Waals surface area contributed by atoms with Gasteiger partial charge in [-0.1, -0.05) is 72.8 Å². The maximum atomic E-state index is 13.2. The van der Waals surface area contributed by atoms with Crippen LogP contribution in [0.2, 0.25) is 0 Å². The molecular weight excluding hydrogens is 520 g/mol. The number of carbonyl (C=O) groups excluding carboxylic acids is 3. The molecule has 0 aromatic heterocycles. The van der Waals surface area contributed by atoms with Crippen molar-refractivity contribution < 1.29 is 28.6 Å². The van der Waals surface area contributed by atoms with Gasteiger partial charge in [0.05, 0.1) is 13.2 Å². The summed E-state index contributed by atoms with van der Waals surface area (Å²) in [5.74, 6) is -0.756. The minimum Gasteiger partial charge on any atom is -0.488 e. The Labute approximate surface area is 242 Å². The summed E-state index contributed by atoms with van der Waals surface area (Å²) in [6, 6.07) is 23.7. The van der Waals surface area contributed by atoms with Crippen LogP contribution in [-0.2, 0) is 43.3 Å². The minimum absolute atomic E-state index is 0.0959. The van der Waals surface area contributed by atoms with Crippen molar-refractivity contribution in [2.24, 2.45) is 0 Å². The quantitative estimate of drug-likeness (QED) is 0.299. The zero-order chi connectivity index (χ0) is 29.8. The first-order valence-electron chi connectivity index (χ1n) is 13.7. The Morgan fingerprint density at radius 3 is 1.83 bits per heavy atom. The van der Waals surface area contributed by atoms with Gasteiger partial charge in [0.25, 0.3) is 0 Å². The molecule has 3 rings (SSSR count).